The summed E-state index contributed by atoms with van der Waals surface area (Å²) >= 11 is 0. The number of hydrogen-bond acceptors (Lipinski definition) is 4. The summed E-state index contributed by atoms with van der Waals surface area (Å²) in [5, 5.41) is 0. The summed E-state index contributed by atoms with van der Waals surface area (Å²) in [6.45, 7) is 6.21. The standard InChI is InChI=1S/C13H22O4/c1-4-7-8-10-9-13(10,11(14)16-5-2)12(15)17-6-3/h10H,4-9H2,1-3H3. The van der Waals surface area contributed by atoms with E-state index in [1.54, 1.807) is 13.8 Å². The van der Waals surface area contributed by atoms with Crippen LogP contribution in [0.2, 0.25) is 0 Å². The van der Waals surface area contributed by atoms with Crippen LogP contribution < -0.4 is 0 Å². The molecule has 0 N–H and O–H groups in total. The predicted molar refractivity (Wildman–Crippen MR) is 63.3 cm³/mol. The molecule has 0 aromatic rings. The summed E-state index contributed by atoms with van der Waals surface area (Å²) in [6.07, 6.45) is 3.59. The number of rotatable bonds is 7. The average molecular weight is 242 g/mol. The van der Waals surface area contributed by atoms with Gasteiger partial charge in [0.2, 0.25) is 0 Å². The second-order valence-corrected chi connectivity index (χ2v) is 4.46. The first-order chi connectivity index (χ1) is 8.13. The Morgan fingerprint density at radius 1 is 1.12 bits per heavy atom. The van der Waals surface area contributed by atoms with Crippen LogP contribution in [0.4, 0.5) is 0 Å². The Morgan fingerprint density at radius 2 is 1.65 bits per heavy atom. The summed E-state index contributed by atoms with van der Waals surface area (Å²) in [4.78, 5) is 23.8. The highest BCUT2D eigenvalue weighted by Gasteiger charge is 2.67. The molecule has 0 heterocycles. The number of unbranched alkanes of at least 4 members (excludes halogenated alkanes) is 1. The van der Waals surface area contributed by atoms with Gasteiger partial charge in [-0.15, -0.1) is 0 Å². The van der Waals surface area contributed by atoms with E-state index < -0.39 is 17.4 Å². The van der Waals surface area contributed by atoms with Crippen LogP contribution in [-0.4, -0.2) is 25.2 Å². The van der Waals surface area contributed by atoms with Gasteiger partial charge in [0.25, 0.3) is 0 Å². The molecule has 0 saturated heterocycles. The molecule has 1 aliphatic rings. The van der Waals surface area contributed by atoms with Gasteiger partial charge in [-0.2, -0.15) is 0 Å². The van der Waals surface area contributed by atoms with Crippen molar-refractivity contribution in [1.29, 1.82) is 0 Å². The van der Waals surface area contributed by atoms with Gasteiger partial charge in [-0.05, 0) is 32.6 Å². The van der Waals surface area contributed by atoms with Gasteiger partial charge < -0.3 is 9.47 Å². The Bertz CT molecular complexity index is 267. The number of carbonyl (C=O) groups excluding carboxylic acids is 2. The number of ether oxygens (including phenoxy) is 2. The molecule has 1 unspecified atom stereocenters. The molecule has 1 saturated carbocycles. The predicted octanol–water partition coefficient (Wildman–Crippen LogP) is 2.31. The maximum absolute atomic E-state index is 11.9. The van der Waals surface area contributed by atoms with Crippen molar-refractivity contribution in [1.82, 2.24) is 0 Å². The van der Waals surface area contributed by atoms with Crippen LogP contribution in [0.25, 0.3) is 0 Å². The molecule has 1 aliphatic carbocycles. The van der Waals surface area contributed by atoms with Crippen molar-refractivity contribution in [2.24, 2.45) is 11.3 Å². The monoisotopic (exact) mass is 242 g/mol. The highest BCUT2D eigenvalue weighted by atomic mass is 16.6. The van der Waals surface area contributed by atoms with Gasteiger partial charge in [0, 0.05) is 0 Å². The van der Waals surface area contributed by atoms with Crippen LogP contribution in [0, 0.1) is 11.3 Å². The van der Waals surface area contributed by atoms with Gasteiger partial charge in [0.1, 0.15) is 0 Å². The number of hydrogen-bond donors (Lipinski definition) is 0. The minimum absolute atomic E-state index is 0.112. The van der Waals surface area contributed by atoms with E-state index in [9.17, 15) is 9.59 Å². The van der Waals surface area contributed by atoms with Crippen molar-refractivity contribution in [2.75, 3.05) is 13.2 Å². The fourth-order valence-electron chi connectivity index (χ4n) is 2.23. The van der Waals surface area contributed by atoms with Crippen molar-refractivity contribution in [3.8, 4) is 0 Å². The number of carbonyl (C=O) groups is 2. The van der Waals surface area contributed by atoms with Crippen LogP contribution in [0.15, 0.2) is 0 Å². The maximum atomic E-state index is 11.9. The first-order valence-electron chi connectivity index (χ1n) is 6.47. The molecule has 0 bridgehead atoms. The van der Waals surface area contributed by atoms with E-state index in [0.717, 1.165) is 19.3 Å². The molecule has 0 aromatic carbocycles. The number of esters is 2. The fourth-order valence-corrected chi connectivity index (χ4v) is 2.23. The lowest BCUT2D eigenvalue weighted by atomic mass is 10.0. The minimum Gasteiger partial charge on any atom is -0.465 e. The third-order valence-corrected chi connectivity index (χ3v) is 3.29. The van der Waals surface area contributed by atoms with Gasteiger partial charge >= 0.3 is 11.9 Å². The van der Waals surface area contributed by atoms with Crippen molar-refractivity contribution in [2.45, 2.75) is 46.5 Å². The molecule has 98 valence electrons. The smallest absolute Gasteiger partial charge is 0.323 e. The van der Waals surface area contributed by atoms with Crippen molar-refractivity contribution < 1.29 is 19.1 Å². The zero-order chi connectivity index (χ0) is 12.9. The molecule has 1 atom stereocenters. The lowest BCUT2D eigenvalue weighted by molar-refractivity contribution is -0.165. The van der Waals surface area contributed by atoms with Gasteiger partial charge in [-0.1, -0.05) is 19.8 Å². The van der Waals surface area contributed by atoms with Crippen molar-refractivity contribution in [3.63, 3.8) is 0 Å². The van der Waals surface area contributed by atoms with E-state index in [-0.39, 0.29) is 5.92 Å². The lowest BCUT2D eigenvalue weighted by Crippen LogP contribution is -2.32. The van der Waals surface area contributed by atoms with E-state index in [0.29, 0.717) is 19.6 Å². The highest BCUT2D eigenvalue weighted by Crippen LogP contribution is 2.56. The van der Waals surface area contributed by atoms with Crippen LogP contribution in [0.3, 0.4) is 0 Å². The second kappa shape index (κ2) is 6.03. The van der Waals surface area contributed by atoms with Gasteiger partial charge in [0.15, 0.2) is 5.41 Å². The van der Waals surface area contributed by atoms with Crippen molar-refractivity contribution >= 4 is 11.9 Å². The van der Waals surface area contributed by atoms with Crippen LogP contribution in [0.5, 0.6) is 0 Å². The van der Waals surface area contributed by atoms with E-state index in [4.69, 9.17) is 9.47 Å². The zero-order valence-electron chi connectivity index (χ0n) is 11.0. The summed E-state index contributed by atoms with van der Waals surface area (Å²) < 4.78 is 10.0. The summed E-state index contributed by atoms with van der Waals surface area (Å²) in [6, 6.07) is 0. The largest absolute Gasteiger partial charge is 0.465 e. The summed E-state index contributed by atoms with van der Waals surface area (Å²) in [5.74, 6) is -0.695. The highest BCUT2D eigenvalue weighted by molar-refractivity contribution is 6.03. The Morgan fingerprint density at radius 3 is 2.06 bits per heavy atom. The normalized spacial score (nSPS) is 20.8. The molecule has 1 fully saturated rings. The zero-order valence-corrected chi connectivity index (χ0v) is 11.0. The molecule has 17 heavy (non-hydrogen) atoms. The first kappa shape index (κ1) is 14.0. The molecule has 4 heteroatoms. The Labute approximate surface area is 103 Å². The SMILES string of the molecule is CCCCC1CC1(C(=O)OCC)C(=O)OCC. The van der Waals surface area contributed by atoms with E-state index in [1.807, 2.05) is 0 Å². The molecule has 0 amide bonds. The topological polar surface area (TPSA) is 52.6 Å². The minimum atomic E-state index is -0.985. The molecular formula is C13H22O4. The Balaban J connectivity index is 2.68. The Kier molecular flexibility index (Phi) is 4.97. The van der Waals surface area contributed by atoms with E-state index >= 15 is 0 Å². The molecule has 0 aromatic heterocycles. The molecule has 0 aliphatic heterocycles. The quantitative estimate of drug-likeness (QED) is 0.508. The third kappa shape index (κ3) is 2.79. The molecule has 0 spiro atoms. The Hall–Kier alpha value is -1.06. The molecular weight excluding hydrogens is 220 g/mol. The van der Waals surface area contributed by atoms with Crippen LogP contribution >= 0.6 is 0 Å². The van der Waals surface area contributed by atoms with E-state index in [1.165, 1.54) is 0 Å². The lowest BCUT2D eigenvalue weighted by Gasteiger charge is -2.14. The van der Waals surface area contributed by atoms with Gasteiger partial charge in [-0.25, -0.2) is 0 Å². The maximum Gasteiger partial charge on any atom is 0.323 e. The van der Waals surface area contributed by atoms with E-state index in [2.05, 4.69) is 6.92 Å². The fraction of sp³-hybridized carbons (Fsp3) is 0.846. The third-order valence-electron chi connectivity index (χ3n) is 3.29. The van der Waals surface area contributed by atoms with Crippen LogP contribution in [0.1, 0.15) is 46.5 Å². The summed E-state index contributed by atoms with van der Waals surface area (Å²) in [5.41, 5.74) is -0.985. The molecule has 1 rings (SSSR count). The van der Waals surface area contributed by atoms with Crippen LogP contribution in [-0.2, 0) is 19.1 Å². The average Bonchev–Trinajstić information content (AvgIpc) is 3.03. The van der Waals surface area contributed by atoms with Crippen molar-refractivity contribution in [3.05, 3.63) is 0 Å². The molecule has 4 nitrogen and oxygen atoms in total. The second-order valence-electron chi connectivity index (χ2n) is 4.46. The van der Waals surface area contributed by atoms with Gasteiger partial charge in [0.05, 0.1) is 13.2 Å². The van der Waals surface area contributed by atoms with Gasteiger partial charge in [-0.3, -0.25) is 9.59 Å². The first-order valence-corrected chi connectivity index (χ1v) is 6.47. The molecule has 0 radical (unpaired) electrons. The summed E-state index contributed by atoms with van der Waals surface area (Å²) in [7, 11) is 0.